The molecule has 1 amide bonds. The van der Waals surface area contributed by atoms with E-state index in [0.717, 1.165) is 43.0 Å². The van der Waals surface area contributed by atoms with Gasteiger partial charge in [-0.25, -0.2) is 4.39 Å². The molecule has 2 heterocycles. The summed E-state index contributed by atoms with van der Waals surface area (Å²) in [6.45, 7) is 4.41. The number of nitrogens with zero attached hydrogens (tertiary/aromatic N) is 1. The van der Waals surface area contributed by atoms with Gasteiger partial charge < -0.3 is 14.8 Å². The Balaban J connectivity index is 1.48. The molecular weight excluding hydrogens is 371 g/mol. The molecule has 0 spiro atoms. The Bertz CT molecular complexity index is 922. The number of hydrogen-bond donors (Lipinski definition) is 1. The summed E-state index contributed by atoms with van der Waals surface area (Å²) >= 11 is 0. The Hall–Kier alpha value is -2.86. The van der Waals surface area contributed by atoms with E-state index < -0.39 is 0 Å². The fourth-order valence-corrected chi connectivity index (χ4v) is 3.85. The minimum absolute atomic E-state index is 0.0530. The van der Waals surface area contributed by atoms with Crippen LogP contribution in [-0.4, -0.2) is 37.2 Å². The number of nitrogens with one attached hydrogen (secondary N) is 1. The lowest BCUT2D eigenvalue weighted by atomic mass is 10.0. The molecular formula is C23H25FN2O3. The number of rotatable bonds is 6. The van der Waals surface area contributed by atoms with E-state index >= 15 is 0 Å². The van der Waals surface area contributed by atoms with E-state index in [-0.39, 0.29) is 24.6 Å². The van der Waals surface area contributed by atoms with Gasteiger partial charge in [0.2, 0.25) is 12.7 Å². The highest BCUT2D eigenvalue weighted by molar-refractivity contribution is 5.97. The molecule has 1 unspecified atom stereocenters. The van der Waals surface area contributed by atoms with Crippen molar-refractivity contribution in [1.82, 2.24) is 10.2 Å². The van der Waals surface area contributed by atoms with E-state index in [1.807, 2.05) is 18.2 Å². The second kappa shape index (κ2) is 8.66. The predicted octanol–water partition coefficient (Wildman–Crippen LogP) is 3.91. The van der Waals surface area contributed by atoms with Crippen LogP contribution in [0, 0.1) is 5.82 Å². The zero-order valence-electron chi connectivity index (χ0n) is 16.5. The molecule has 6 heteroatoms. The number of ether oxygens (including phenoxy) is 2. The van der Waals surface area contributed by atoms with Crippen LogP contribution in [0.25, 0.3) is 6.08 Å². The lowest BCUT2D eigenvalue weighted by molar-refractivity contribution is -0.117. The number of amides is 1. The van der Waals surface area contributed by atoms with Crippen LogP contribution in [-0.2, 0) is 4.79 Å². The van der Waals surface area contributed by atoms with Crippen molar-refractivity contribution in [3.8, 4) is 11.5 Å². The molecule has 0 aromatic heterocycles. The van der Waals surface area contributed by atoms with Crippen molar-refractivity contribution >= 4 is 12.0 Å². The molecule has 2 aromatic rings. The summed E-state index contributed by atoms with van der Waals surface area (Å²) in [5.74, 6) is 0.962. The van der Waals surface area contributed by atoms with E-state index in [1.165, 1.54) is 6.07 Å². The molecule has 1 atom stereocenters. The highest BCUT2D eigenvalue weighted by Gasteiger charge is 2.26. The van der Waals surface area contributed by atoms with Crippen molar-refractivity contribution in [3.05, 3.63) is 65.0 Å². The maximum atomic E-state index is 13.9. The largest absolute Gasteiger partial charge is 0.454 e. The van der Waals surface area contributed by atoms with Crippen LogP contribution in [0.5, 0.6) is 11.5 Å². The number of fused-ring (bicyclic) bond motifs is 1. The van der Waals surface area contributed by atoms with Gasteiger partial charge in [0, 0.05) is 17.7 Å². The first-order chi connectivity index (χ1) is 14.1. The fourth-order valence-electron chi connectivity index (χ4n) is 3.85. The van der Waals surface area contributed by atoms with Crippen LogP contribution in [0.1, 0.15) is 36.9 Å². The summed E-state index contributed by atoms with van der Waals surface area (Å²) < 4.78 is 24.8. The molecule has 0 saturated carbocycles. The van der Waals surface area contributed by atoms with Crippen molar-refractivity contribution in [1.29, 1.82) is 0 Å². The third-order valence-corrected chi connectivity index (χ3v) is 5.45. The first-order valence-corrected chi connectivity index (χ1v) is 9.96. The summed E-state index contributed by atoms with van der Waals surface area (Å²) in [5.41, 5.74) is 1.97. The highest BCUT2D eigenvalue weighted by Crippen LogP contribution is 2.36. The molecule has 1 saturated heterocycles. The maximum Gasteiger partial charge on any atom is 0.247 e. The molecule has 0 aliphatic carbocycles. The van der Waals surface area contributed by atoms with Gasteiger partial charge in [0.25, 0.3) is 0 Å². The Kier molecular flexibility index (Phi) is 5.81. The third-order valence-electron chi connectivity index (χ3n) is 5.45. The van der Waals surface area contributed by atoms with E-state index in [2.05, 4.69) is 10.2 Å². The maximum absolute atomic E-state index is 13.9. The van der Waals surface area contributed by atoms with Gasteiger partial charge >= 0.3 is 0 Å². The molecule has 2 aliphatic heterocycles. The van der Waals surface area contributed by atoms with Crippen LogP contribution < -0.4 is 14.8 Å². The Morgan fingerprint density at radius 1 is 1.17 bits per heavy atom. The molecule has 0 radical (unpaired) electrons. The summed E-state index contributed by atoms with van der Waals surface area (Å²) in [6, 6.07) is 12.4. The normalized spacial score (nSPS) is 17.4. The quantitative estimate of drug-likeness (QED) is 0.753. The summed E-state index contributed by atoms with van der Waals surface area (Å²) in [7, 11) is 0. The van der Waals surface area contributed by atoms with Gasteiger partial charge in [0.15, 0.2) is 11.5 Å². The van der Waals surface area contributed by atoms with Gasteiger partial charge in [-0.2, -0.15) is 0 Å². The van der Waals surface area contributed by atoms with Crippen molar-refractivity contribution < 1.29 is 18.7 Å². The van der Waals surface area contributed by atoms with Gasteiger partial charge in [-0.3, -0.25) is 9.69 Å². The topological polar surface area (TPSA) is 50.8 Å². The first kappa shape index (κ1) is 19.5. The Labute approximate surface area is 170 Å². The first-order valence-electron chi connectivity index (χ1n) is 9.96. The van der Waals surface area contributed by atoms with Crippen LogP contribution in [0.15, 0.2) is 48.0 Å². The standard InChI is InChI=1S/C23H25FN2O3/c1-16(12-17-6-2-3-7-19(17)24)23(27)25-14-20(26-10-4-5-11-26)18-8-9-21-22(13-18)29-15-28-21/h2-3,6-9,12-13,20H,4-5,10-11,14-15H2,1H3,(H,25,27)/b16-12+. The third kappa shape index (κ3) is 4.43. The summed E-state index contributed by atoms with van der Waals surface area (Å²) in [4.78, 5) is 15.0. The second-order valence-electron chi connectivity index (χ2n) is 7.43. The van der Waals surface area contributed by atoms with E-state index in [1.54, 1.807) is 31.2 Å². The van der Waals surface area contributed by atoms with Crippen molar-refractivity contribution in [2.45, 2.75) is 25.8 Å². The predicted molar refractivity (Wildman–Crippen MR) is 109 cm³/mol. The number of hydrogen-bond acceptors (Lipinski definition) is 4. The fraction of sp³-hybridized carbons (Fsp3) is 0.348. The van der Waals surface area contributed by atoms with Crippen molar-refractivity contribution in [2.24, 2.45) is 0 Å². The molecule has 1 fully saturated rings. The van der Waals surface area contributed by atoms with Crippen molar-refractivity contribution in [2.75, 3.05) is 26.4 Å². The average Bonchev–Trinajstić information content (AvgIpc) is 3.41. The molecule has 5 nitrogen and oxygen atoms in total. The number of carbonyl (C=O) groups is 1. The lowest BCUT2D eigenvalue weighted by Gasteiger charge is -2.28. The molecule has 4 rings (SSSR count). The van der Waals surface area contributed by atoms with Crippen LogP contribution in [0.4, 0.5) is 4.39 Å². The van der Waals surface area contributed by atoms with Crippen LogP contribution in [0.3, 0.4) is 0 Å². The number of carbonyl (C=O) groups excluding carboxylic acids is 1. The molecule has 1 N–H and O–H groups in total. The molecule has 29 heavy (non-hydrogen) atoms. The van der Waals surface area contributed by atoms with Gasteiger partial charge in [-0.15, -0.1) is 0 Å². The van der Waals surface area contributed by atoms with E-state index in [0.29, 0.717) is 17.7 Å². The van der Waals surface area contributed by atoms with E-state index in [4.69, 9.17) is 9.47 Å². The van der Waals surface area contributed by atoms with E-state index in [9.17, 15) is 9.18 Å². The molecule has 2 aromatic carbocycles. The van der Waals surface area contributed by atoms with Crippen LogP contribution in [0.2, 0.25) is 0 Å². The minimum Gasteiger partial charge on any atom is -0.454 e. The zero-order valence-corrected chi connectivity index (χ0v) is 16.5. The molecule has 0 bridgehead atoms. The number of benzene rings is 2. The molecule has 2 aliphatic rings. The SMILES string of the molecule is C/C(=C\c1ccccc1F)C(=O)NCC(c1ccc2c(c1)OCO2)N1CCCC1. The number of likely N-dealkylation sites (tertiary alicyclic amines) is 1. The highest BCUT2D eigenvalue weighted by atomic mass is 19.1. The average molecular weight is 396 g/mol. The Morgan fingerprint density at radius 3 is 2.72 bits per heavy atom. The minimum atomic E-state index is -0.338. The smallest absolute Gasteiger partial charge is 0.247 e. The Morgan fingerprint density at radius 2 is 1.93 bits per heavy atom. The summed E-state index contributed by atoms with van der Waals surface area (Å²) in [5, 5.41) is 3.02. The van der Waals surface area contributed by atoms with Gasteiger partial charge in [-0.1, -0.05) is 24.3 Å². The lowest BCUT2D eigenvalue weighted by Crippen LogP contribution is -2.37. The number of halogens is 1. The monoisotopic (exact) mass is 396 g/mol. The van der Waals surface area contributed by atoms with Gasteiger partial charge in [0.05, 0.1) is 6.04 Å². The molecule has 152 valence electrons. The van der Waals surface area contributed by atoms with Gasteiger partial charge in [-0.05, 0) is 62.7 Å². The van der Waals surface area contributed by atoms with Crippen LogP contribution >= 0.6 is 0 Å². The second-order valence-corrected chi connectivity index (χ2v) is 7.43. The zero-order chi connectivity index (χ0) is 20.2. The van der Waals surface area contributed by atoms with Crippen molar-refractivity contribution in [3.63, 3.8) is 0 Å². The summed E-state index contributed by atoms with van der Waals surface area (Å²) in [6.07, 6.45) is 3.89. The van der Waals surface area contributed by atoms with Gasteiger partial charge in [0.1, 0.15) is 5.82 Å².